The number of rotatable bonds is 5. The minimum atomic E-state index is -0.138. The molecule has 2 fully saturated rings. The SMILES string of the molecule is O=C(NCC1C2CCCCC2CN1C(=O)c1ccccc1-c1ccccc1)c1cccc2cccnc12. The summed E-state index contributed by atoms with van der Waals surface area (Å²) < 4.78 is 0. The summed E-state index contributed by atoms with van der Waals surface area (Å²) in [6.07, 6.45) is 6.36. The van der Waals surface area contributed by atoms with Gasteiger partial charge in [-0.05, 0) is 54.0 Å². The van der Waals surface area contributed by atoms with Crippen LogP contribution < -0.4 is 5.32 Å². The Kier molecular flexibility index (Phi) is 6.44. The third kappa shape index (κ3) is 4.50. The first-order valence-corrected chi connectivity index (χ1v) is 13.3. The third-order valence-corrected chi connectivity index (χ3v) is 8.15. The zero-order valence-corrected chi connectivity index (χ0v) is 20.8. The fourth-order valence-corrected chi connectivity index (χ4v) is 6.36. The lowest BCUT2D eigenvalue weighted by atomic mass is 9.78. The van der Waals surface area contributed by atoms with Crippen LogP contribution in [0, 0.1) is 11.8 Å². The van der Waals surface area contributed by atoms with Crippen molar-refractivity contribution in [3.8, 4) is 11.1 Å². The minimum absolute atomic E-state index is 0.0199. The number of para-hydroxylation sites is 1. The number of likely N-dealkylation sites (tertiary alicyclic amines) is 1. The van der Waals surface area contributed by atoms with Crippen LogP contribution in [0.15, 0.2) is 91.1 Å². The number of carbonyl (C=O) groups is 2. The molecule has 3 atom stereocenters. The summed E-state index contributed by atoms with van der Waals surface area (Å²) in [5.41, 5.74) is 3.99. The lowest BCUT2D eigenvalue weighted by Crippen LogP contribution is -2.46. The molecule has 2 amide bonds. The Hall–Kier alpha value is -3.99. The number of fused-ring (bicyclic) bond motifs is 2. The molecule has 6 rings (SSSR count). The van der Waals surface area contributed by atoms with E-state index in [1.165, 1.54) is 12.8 Å². The summed E-state index contributed by atoms with van der Waals surface area (Å²) in [7, 11) is 0. The molecular formula is C32H31N3O2. The Morgan fingerprint density at radius 1 is 0.838 bits per heavy atom. The predicted molar refractivity (Wildman–Crippen MR) is 146 cm³/mol. The number of benzene rings is 3. The lowest BCUT2D eigenvalue weighted by Gasteiger charge is -2.31. The number of nitrogens with zero attached hydrogens (tertiary/aromatic N) is 2. The normalized spacial score (nSPS) is 21.0. The summed E-state index contributed by atoms with van der Waals surface area (Å²) in [6.45, 7) is 1.20. The van der Waals surface area contributed by atoms with Crippen molar-refractivity contribution in [3.63, 3.8) is 0 Å². The largest absolute Gasteiger partial charge is 0.350 e. The average Bonchev–Trinajstić information content (AvgIpc) is 3.34. The number of hydrogen-bond donors (Lipinski definition) is 1. The van der Waals surface area contributed by atoms with E-state index >= 15 is 0 Å². The van der Waals surface area contributed by atoms with Crippen molar-refractivity contribution in [2.75, 3.05) is 13.1 Å². The molecule has 2 heterocycles. The zero-order valence-electron chi connectivity index (χ0n) is 20.8. The molecule has 2 aliphatic rings. The van der Waals surface area contributed by atoms with E-state index in [-0.39, 0.29) is 17.9 Å². The number of hydrogen-bond acceptors (Lipinski definition) is 3. The molecule has 1 N–H and O–H groups in total. The second-order valence-corrected chi connectivity index (χ2v) is 10.2. The van der Waals surface area contributed by atoms with Crippen molar-refractivity contribution >= 4 is 22.7 Å². The number of amides is 2. The second-order valence-electron chi connectivity index (χ2n) is 10.2. The first kappa shape index (κ1) is 23.4. The van der Waals surface area contributed by atoms with Crippen molar-refractivity contribution < 1.29 is 9.59 Å². The van der Waals surface area contributed by atoms with Gasteiger partial charge >= 0.3 is 0 Å². The van der Waals surface area contributed by atoms with E-state index in [9.17, 15) is 9.59 Å². The van der Waals surface area contributed by atoms with Gasteiger partial charge in [0.1, 0.15) is 0 Å². The average molecular weight is 490 g/mol. The van der Waals surface area contributed by atoms with Crippen LogP contribution in [0.2, 0.25) is 0 Å². The Bertz CT molecular complexity index is 1430. The van der Waals surface area contributed by atoms with E-state index in [0.29, 0.717) is 29.5 Å². The highest BCUT2D eigenvalue weighted by Crippen LogP contribution is 2.41. The molecule has 1 saturated heterocycles. The molecule has 37 heavy (non-hydrogen) atoms. The molecule has 186 valence electrons. The molecule has 0 bridgehead atoms. The van der Waals surface area contributed by atoms with E-state index in [0.717, 1.165) is 41.5 Å². The van der Waals surface area contributed by atoms with Crippen LogP contribution in [-0.4, -0.2) is 40.8 Å². The molecule has 0 radical (unpaired) electrons. The maximum atomic E-state index is 14.1. The van der Waals surface area contributed by atoms with Crippen LogP contribution in [0.4, 0.5) is 0 Å². The number of aromatic nitrogens is 1. The van der Waals surface area contributed by atoms with E-state index in [4.69, 9.17) is 0 Å². The summed E-state index contributed by atoms with van der Waals surface area (Å²) in [6, 6.07) is 27.5. The van der Waals surface area contributed by atoms with Gasteiger partial charge in [0.2, 0.25) is 0 Å². The summed E-state index contributed by atoms with van der Waals surface area (Å²) in [5, 5.41) is 4.12. The van der Waals surface area contributed by atoms with Gasteiger partial charge in [0.25, 0.3) is 11.8 Å². The Morgan fingerprint density at radius 3 is 2.49 bits per heavy atom. The predicted octanol–water partition coefficient (Wildman–Crippen LogP) is 5.96. The highest BCUT2D eigenvalue weighted by Gasteiger charge is 2.45. The van der Waals surface area contributed by atoms with Gasteiger partial charge in [-0.2, -0.15) is 0 Å². The topological polar surface area (TPSA) is 62.3 Å². The molecule has 5 nitrogen and oxygen atoms in total. The third-order valence-electron chi connectivity index (χ3n) is 8.15. The first-order valence-electron chi connectivity index (χ1n) is 13.3. The van der Waals surface area contributed by atoms with Gasteiger partial charge in [-0.1, -0.05) is 79.6 Å². The second kappa shape index (κ2) is 10.2. The van der Waals surface area contributed by atoms with Crippen LogP contribution in [0.25, 0.3) is 22.0 Å². The summed E-state index contributed by atoms with van der Waals surface area (Å²) in [4.78, 5) is 33.9. The smallest absolute Gasteiger partial charge is 0.254 e. The van der Waals surface area contributed by atoms with Crippen molar-refractivity contribution in [2.24, 2.45) is 11.8 Å². The van der Waals surface area contributed by atoms with E-state index in [1.54, 1.807) is 6.20 Å². The molecule has 0 spiro atoms. The van der Waals surface area contributed by atoms with Crippen molar-refractivity contribution in [3.05, 3.63) is 102 Å². The van der Waals surface area contributed by atoms with Crippen molar-refractivity contribution in [2.45, 2.75) is 31.7 Å². The van der Waals surface area contributed by atoms with E-state index in [2.05, 4.69) is 10.3 Å². The monoisotopic (exact) mass is 489 g/mol. The molecule has 5 heteroatoms. The number of carbonyl (C=O) groups excluding carboxylic acids is 2. The number of pyridine rings is 1. The Morgan fingerprint density at radius 2 is 1.59 bits per heavy atom. The molecular weight excluding hydrogens is 458 g/mol. The highest BCUT2D eigenvalue weighted by molar-refractivity contribution is 6.05. The van der Waals surface area contributed by atoms with Gasteiger partial charge in [-0.25, -0.2) is 0 Å². The maximum Gasteiger partial charge on any atom is 0.254 e. The van der Waals surface area contributed by atoms with Gasteiger partial charge < -0.3 is 10.2 Å². The zero-order chi connectivity index (χ0) is 25.2. The standard InChI is InChI=1S/C32H31N3O2/c36-31(28-18-8-13-23-14-9-19-33-30(23)28)34-20-29-26-16-5-4-12-24(26)21-35(29)32(37)27-17-7-6-15-25(27)22-10-2-1-3-11-22/h1-3,6-11,13-15,17-19,24,26,29H,4-5,12,16,20-21H2,(H,34,36). The lowest BCUT2D eigenvalue weighted by molar-refractivity contribution is 0.0704. The first-order chi connectivity index (χ1) is 18.2. The van der Waals surface area contributed by atoms with Gasteiger partial charge in [-0.3, -0.25) is 14.6 Å². The van der Waals surface area contributed by atoms with Crippen LogP contribution in [-0.2, 0) is 0 Å². The van der Waals surface area contributed by atoms with Crippen LogP contribution in [0.3, 0.4) is 0 Å². The number of nitrogens with one attached hydrogen (secondary N) is 1. The van der Waals surface area contributed by atoms with E-state index in [1.807, 2.05) is 89.8 Å². The van der Waals surface area contributed by atoms with Crippen molar-refractivity contribution in [1.82, 2.24) is 15.2 Å². The Labute approximate surface area is 217 Å². The molecule has 4 aromatic rings. The molecule has 1 aliphatic carbocycles. The van der Waals surface area contributed by atoms with Gasteiger partial charge in [0.05, 0.1) is 17.1 Å². The van der Waals surface area contributed by atoms with Gasteiger partial charge in [0.15, 0.2) is 0 Å². The molecule has 3 unspecified atom stereocenters. The fourth-order valence-electron chi connectivity index (χ4n) is 6.36. The Balaban J connectivity index is 1.28. The quantitative estimate of drug-likeness (QED) is 0.376. The molecule has 3 aromatic carbocycles. The highest BCUT2D eigenvalue weighted by atomic mass is 16.2. The maximum absolute atomic E-state index is 14.1. The van der Waals surface area contributed by atoms with Gasteiger partial charge in [-0.15, -0.1) is 0 Å². The summed E-state index contributed by atoms with van der Waals surface area (Å²) in [5.74, 6) is 0.816. The van der Waals surface area contributed by atoms with Crippen LogP contribution in [0.5, 0.6) is 0 Å². The molecule has 1 saturated carbocycles. The minimum Gasteiger partial charge on any atom is -0.350 e. The fraction of sp³-hybridized carbons (Fsp3) is 0.281. The van der Waals surface area contributed by atoms with Crippen molar-refractivity contribution in [1.29, 1.82) is 0 Å². The van der Waals surface area contributed by atoms with E-state index < -0.39 is 0 Å². The molecule has 1 aromatic heterocycles. The van der Waals surface area contributed by atoms with Crippen LogP contribution >= 0.6 is 0 Å². The summed E-state index contributed by atoms with van der Waals surface area (Å²) >= 11 is 0. The van der Waals surface area contributed by atoms with Crippen LogP contribution in [0.1, 0.15) is 46.4 Å². The van der Waals surface area contributed by atoms with Gasteiger partial charge in [0, 0.05) is 30.2 Å². The molecule has 1 aliphatic heterocycles.